The van der Waals surface area contributed by atoms with Crippen LogP contribution in [0.25, 0.3) is 0 Å². The summed E-state index contributed by atoms with van der Waals surface area (Å²) in [5, 5.41) is 9.46. The number of carboxylic acids is 1. The van der Waals surface area contributed by atoms with Gasteiger partial charge in [0, 0.05) is 26.2 Å². The van der Waals surface area contributed by atoms with Crippen LogP contribution in [0, 0.1) is 11.8 Å². The Morgan fingerprint density at radius 2 is 1.81 bits per heavy atom. The van der Waals surface area contributed by atoms with Crippen molar-refractivity contribution >= 4 is 17.9 Å². The van der Waals surface area contributed by atoms with Crippen molar-refractivity contribution in [2.24, 2.45) is 11.8 Å². The molecule has 5 rings (SSSR count). The third-order valence-corrected chi connectivity index (χ3v) is 9.26. The van der Waals surface area contributed by atoms with Crippen LogP contribution >= 0.6 is 0 Å². The number of nitrogens with zero attached hydrogens (tertiary/aromatic N) is 3. The first-order valence-corrected chi connectivity index (χ1v) is 15.2. The van der Waals surface area contributed by atoms with Gasteiger partial charge in [0.15, 0.2) is 11.5 Å². The van der Waals surface area contributed by atoms with Crippen LogP contribution in [-0.2, 0) is 29.0 Å². The smallest absolute Gasteiger partial charge is 0.327 e. The van der Waals surface area contributed by atoms with Crippen LogP contribution in [0.4, 0.5) is 4.79 Å². The van der Waals surface area contributed by atoms with E-state index in [-0.39, 0.29) is 43.6 Å². The maximum atomic E-state index is 12.2. The van der Waals surface area contributed by atoms with Crippen LogP contribution < -0.4 is 9.47 Å². The predicted octanol–water partition coefficient (Wildman–Crippen LogP) is 4.91. The van der Waals surface area contributed by atoms with Crippen LogP contribution in [0.3, 0.4) is 0 Å². The van der Waals surface area contributed by atoms with Gasteiger partial charge >= 0.3 is 12.0 Å². The average molecular weight is 578 g/mol. The van der Waals surface area contributed by atoms with Crippen molar-refractivity contribution in [1.82, 2.24) is 14.7 Å². The summed E-state index contributed by atoms with van der Waals surface area (Å²) in [4.78, 5) is 40.8. The minimum atomic E-state index is -0.669. The monoisotopic (exact) mass is 577 g/mol. The van der Waals surface area contributed by atoms with Gasteiger partial charge in [-0.1, -0.05) is 24.3 Å². The Morgan fingerprint density at radius 1 is 1.05 bits per heavy atom. The van der Waals surface area contributed by atoms with Crippen LogP contribution in [0.2, 0.25) is 0 Å². The third kappa shape index (κ3) is 6.72. The molecule has 2 aromatic carbocycles. The number of rotatable bonds is 12. The molecule has 1 N–H and O–H groups in total. The Morgan fingerprint density at radius 3 is 2.50 bits per heavy atom. The third-order valence-electron chi connectivity index (χ3n) is 9.26. The van der Waals surface area contributed by atoms with Gasteiger partial charge in [-0.25, -0.2) is 4.79 Å². The molecule has 1 heterocycles. The Hall–Kier alpha value is -3.59. The maximum Gasteiger partial charge on any atom is 0.327 e. The molecule has 42 heavy (non-hydrogen) atoms. The Kier molecular flexibility index (Phi) is 9.36. The van der Waals surface area contributed by atoms with Crippen molar-refractivity contribution in [2.75, 3.05) is 40.4 Å². The molecule has 3 aliphatic rings. The number of likely N-dealkylation sites (N-methyl/N-ethyl adjacent to an activating group) is 1. The van der Waals surface area contributed by atoms with E-state index < -0.39 is 5.97 Å². The Balaban J connectivity index is 1.28. The number of benzene rings is 2. The van der Waals surface area contributed by atoms with Gasteiger partial charge in [0.05, 0.1) is 19.6 Å². The Bertz CT molecular complexity index is 1300. The number of aryl methyl sites for hydroxylation is 2. The van der Waals surface area contributed by atoms with Gasteiger partial charge in [0.2, 0.25) is 5.91 Å². The summed E-state index contributed by atoms with van der Waals surface area (Å²) in [6.07, 6.45) is 6.87. The molecule has 2 fully saturated rings. The van der Waals surface area contributed by atoms with E-state index in [1.807, 2.05) is 18.2 Å². The molecule has 0 bridgehead atoms. The zero-order chi connectivity index (χ0) is 29.8. The molecule has 2 aromatic rings. The normalized spacial score (nSPS) is 21.1. The standard InChI is InChI=1S/C33H43N3O6/c1-22(27-13-12-25-5-4-6-28(25)18-27)35(19-23-7-10-26(11-8-23)32(38)39)20-24-9-14-29(30(17-24)41-3)42-16-15-36-31(37)21-34(2)33(36)40/h9,12-14,17-18,22-23,26H,4-8,10-11,15-16,19-21H2,1-3H3,(H,38,39)/t22?,23-,26-. The van der Waals surface area contributed by atoms with E-state index in [0.29, 0.717) is 17.4 Å². The first kappa shape index (κ1) is 29.9. The van der Waals surface area contributed by atoms with Crippen molar-refractivity contribution < 1.29 is 29.0 Å². The van der Waals surface area contributed by atoms with Gasteiger partial charge in [-0.15, -0.1) is 0 Å². The second kappa shape index (κ2) is 13.2. The summed E-state index contributed by atoms with van der Waals surface area (Å²) >= 11 is 0. The highest BCUT2D eigenvalue weighted by molar-refractivity contribution is 6.01. The fraction of sp³-hybridized carbons (Fsp3) is 0.545. The maximum absolute atomic E-state index is 12.2. The molecule has 1 saturated heterocycles. The van der Waals surface area contributed by atoms with Crippen LogP contribution in [0.15, 0.2) is 36.4 Å². The summed E-state index contributed by atoms with van der Waals surface area (Å²) in [6, 6.07) is 12.8. The second-order valence-corrected chi connectivity index (χ2v) is 12.1. The number of aliphatic carboxylic acids is 1. The number of hydrogen-bond donors (Lipinski definition) is 1. The van der Waals surface area contributed by atoms with Crippen LogP contribution in [-0.4, -0.2) is 78.1 Å². The van der Waals surface area contributed by atoms with Crippen molar-refractivity contribution in [3.05, 3.63) is 58.7 Å². The van der Waals surface area contributed by atoms with Gasteiger partial charge in [-0.2, -0.15) is 0 Å². The number of fused-ring (bicyclic) bond motifs is 1. The number of imide groups is 1. The predicted molar refractivity (Wildman–Crippen MR) is 159 cm³/mol. The zero-order valence-electron chi connectivity index (χ0n) is 25.0. The molecule has 1 unspecified atom stereocenters. The lowest BCUT2D eigenvalue weighted by Gasteiger charge is -2.35. The molecule has 2 aliphatic carbocycles. The zero-order valence-corrected chi connectivity index (χ0v) is 25.0. The highest BCUT2D eigenvalue weighted by atomic mass is 16.5. The molecule has 0 radical (unpaired) electrons. The number of urea groups is 1. The Labute approximate surface area is 248 Å². The number of amides is 3. The van der Waals surface area contributed by atoms with Crippen molar-refractivity contribution in [1.29, 1.82) is 0 Å². The number of carbonyl (C=O) groups is 3. The summed E-state index contributed by atoms with van der Waals surface area (Å²) in [5.41, 5.74) is 5.35. The number of methoxy groups -OCH3 is 1. The lowest BCUT2D eigenvalue weighted by Crippen LogP contribution is -2.35. The van der Waals surface area contributed by atoms with Crippen LogP contribution in [0.5, 0.6) is 11.5 Å². The fourth-order valence-electron chi connectivity index (χ4n) is 6.65. The second-order valence-electron chi connectivity index (χ2n) is 12.1. The first-order chi connectivity index (χ1) is 20.2. The summed E-state index contributed by atoms with van der Waals surface area (Å²) < 4.78 is 11.6. The van der Waals surface area contributed by atoms with Gasteiger partial charge in [0.1, 0.15) is 13.2 Å². The number of carbonyl (C=O) groups excluding carboxylic acids is 2. The van der Waals surface area contributed by atoms with Crippen molar-refractivity contribution in [3.8, 4) is 11.5 Å². The molecule has 0 aromatic heterocycles. The van der Waals surface area contributed by atoms with E-state index in [1.165, 1.54) is 32.9 Å². The van der Waals surface area contributed by atoms with E-state index in [2.05, 4.69) is 30.0 Å². The highest BCUT2D eigenvalue weighted by Crippen LogP contribution is 2.35. The quantitative estimate of drug-likeness (QED) is 0.358. The molecular weight excluding hydrogens is 534 g/mol. The molecule has 1 aliphatic heterocycles. The summed E-state index contributed by atoms with van der Waals surface area (Å²) in [7, 11) is 3.22. The van der Waals surface area contributed by atoms with E-state index in [1.54, 1.807) is 14.2 Å². The molecule has 3 amide bonds. The van der Waals surface area contributed by atoms with E-state index in [9.17, 15) is 19.5 Å². The minimum absolute atomic E-state index is 0.0955. The van der Waals surface area contributed by atoms with Crippen molar-refractivity contribution in [3.63, 3.8) is 0 Å². The number of carboxylic acid groups (broad SMARTS) is 1. The summed E-state index contributed by atoms with van der Waals surface area (Å²) in [6.45, 7) is 4.35. The van der Waals surface area contributed by atoms with Gasteiger partial charge < -0.3 is 19.5 Å². The lowest BCUT2D eigenvalue weighted by atomic mass is 9.81. The van der Waals surface area contributed by atoms with Gasteiger partial charge in [-0.05, 0) is 92.2 Å². The van der Waals surface area contributed by atoms with Gasteiger partial charge in [-0.3, -0.25) is 19.4 Å². The molecule has 1 atom stereocenters. The lowest BCUT2D eigenvalue weighted by molar-refractivity contribution is -0.143. The largest absolute Gasteiger partial charge is 0.493 e. The SMILES string of the molecule is COc1cc(CN(C[C@H]2CC[C@H](C(=O)O)CC2)C(C)c2ccc3c(c2)CCC3)ccc1OCCN1C(=O)CN(C)C1=O. The molecule has 226 valence electrons. The highest BCUT2D eigenvalue weighted by Gasteiger charge is 2.33. The van der Waals surface area contributed by atoms with Gasteiger partial charge in [0.25, 0.3) is 0 Å². The fourth-order valence-corrected chi connectivity index (χ4v) is 6.65. The van der Waals surface area contributed by atoms with E-state index in [4.69, 9.17) is 9.47 Å². The molecule has 9 nitrogen and oxygen atoms in total. The average Bonchev–Trinajstić information content (AvgIpc) is 3.56. The van der Waals surface area contributed by atoms with Crippen molar-refractivity contribution in [2.45, 2.75) is 64.5 Å². The molecule has 0 spiro atoms. The molecule has 9 heteroatoms. The molecule has 1 saturated carbocycles. The minimum Gasteiger partial charge on any atom is -0.493 e. The number of ether oxygens (including phenoxy) is 2. The van der Waals surface area contributed by atoms with E-state index >= 15 is 0 Å². The van der Waals surface area contributed by atoms with Crippen LogP contribution in [0.1, 0.15) is 67.3 Å². The molecular formula is C33H43N3O6. The topological polar surface area (TPSA) is 99.6 Å². The van der Waals surface area contributed by atoms with E-state index in [0.717, 1.165) is 57.2 Å². The summed E-state index contributed by atoms with van der Waals surface area (Å²) in [5.74, 6) is 0.523. The first-order valence-electron chi connectivity index (χ1n) is 15.2. The number of hydrogen-bond acceptors (Lipinski definition) is 6.